The quantitative estimate of drug-likeness (QED) is 0.426. The SMILES string of the molecule is CC(=O)OCC[C@H]1C=C[C@@H](N(S(=O)(=O)c2ccc(C)cc2)S(=O)(=O)c2ccc(C)cc2)C1. The van der Waals surface area contributed by atoms with Gasteiger partial charge in [-0.15, -0.1) is 0 Å². The number of hydrogen-bond acceptors (Lipinski definition) is 6. The summed E-state index contributed by atoms with van der Waals surface area (Å²) < 4.78 is 59.9. The van der Waals surface area contributed by atoms with Crippen LogP contribution in [0.5, 0.6) is 0 Å². The fourth-order valence-electron chi connectivity index (χ4n) is 3.59. The highest BCUT2D eigenvalue weighted by Gasteiger charge is 2.43. The van der Waals surface area contributed by atoms with Crippen molar-refractivity contribution in [3.63, 3.8) is 0 Å². The Kier molecular flexibility index (Phi) is 7.22. The van der Waals surface area contributed by atoms with E-state index in [2.05, 4.69) is 0 Å². The minimum atomic E-state index is -4.37. The normalized spacial score (nSPS) is 18.8. The van der Waals surface area contributed by atoms with Gasteiger partial charge in [0.2, 0.25) is 0 Å². The Bertz CT molecular complexity index is 1120. The molecule has 0 amide bonds. The maximum absolute atomic E-state index is 13.6. The third kappa shape index (κ3) is 5.28. The molecule has 0 fully saturated rings. The molecular formula is C23H27NO6S2. The standard InChI is InChI=1S/C23H27NO6S2/c1-17-4-10-22(11-5-17)31(26,27)24(32(28,29)23-12-6-18(2)7-13-23)21-9-8-20(16-21)14-15-30-19(3)25/h4-13,20-21H,14-16H2,1-3H3/t20-,21-/m1/s1. The van der Waals surface area contributed by atoms with Gasteiger partial charge in [-0.1, -0.05) is 51.3 Å². The van der Waals surface area contributed by atoms with E-state index in [0.29, 0.717) is 10.1 Å². The largest absolute Gasteiger partial charge is 0.466 e. The van der Waals surface area contributed by atoms with Crippen molar-refractivity contribution in [2.45, 2.75) is 49.4 Å². The lowest BCUT2D eigenvalue weighted by molar-refractivity contribution is -0.141. The van der Waals surface area contributed by atoms with Crippen LogP contribution in [-0.4, -0.2) is 39.2 Å². The first-order chi connectivity index (χ1) is 15.0. The van der Waals surface area contributed by atoms with Gasteiger partial charge in [-0.25, -0.2) is 16.8 Å². The van der Waals surface area contributed by atoms with Crippen LogP contribution in [0.25, 0.3) is 0 Å². The summed E-state index contributed by atoms with van der Waals surface area (Å²) in [6, 6.07) is 11.3. The summed E-state index contributed by atoms with van der Waals surface area (Å²) in [5.41, 5.74) is 1.73. The zero-order valence-electron chi connectivity index (χ0n) is 18.3. The monoisotopic (exact) mass is 477 g/mol. The van der Waals surface area contributed by atoms with Gasteiger partial charge in [0.1, 0.15) is 0 Å². The van der Waals surface area contributed by atoms with E-state index in [1.165, 1.54) is 31.2 Å². The number of hydrogen-bond donors (Lipinski definition) is 0. The summed E-state index contributed by atoms with van der Waals surface area (Å²) in [5.74, 6) is -0.502. The molecule has 7 nitrogen and oxygen atoms in total. The second-order valence-electron chi connectivity index (χ2n) is 7.94. The molecule has 0 unspecified atom stereocenters. The van der Waals surface area contributed by atoms with Crippen LogP contribution in [0, 0.1) is 19.8 Å². The third-order valence-electron chi connectivity index (χ3n) is 5.33. The maximum Gasteiger partial charge on any atom is 0.302 e. The number of esters is 1. The lowest BCUT2D eigenvalue weighted by Gasteiger charge is -2.27. The van der Waals surface area contributed by atoms with Crippen LogP contribution < -0.4 is 0 Å². The summed E-state index contributed by atoms with van der Waals surface area (Å²) in [4.78, 5) is 10.8. The number of benzene rings is 2. The number of sulfonamides is 2. The van der Waals surface area contributed by atoms with Gasteiger partial charge in [0.25, 0.3) is 20.0 Å². The Hall–Kier alpha value is -2.49. The average molecular weight is 478 g/mol. The zero-order chi connectivity index (χ0) is 23.5. The molecule has 0 radical (unpaired) electrons. The number of rotatable bonds is 8. The lowest BCUT2D eigenvalue weighted by Crippen LogP contribution is -2.43. The molecule has 2 aromatic rings. The molecule has 9 heteroatoms. The molecule has 2 aromatic carbocycles. The molecule has 1 aliphatic rings. The second kappa shape index (κ2) is 9.56. The van der Waals surface area contributed by atoms with Crippen molar-refractivity contribution < 1.29 is 26.4 Å². The first-order valence-corrected chi connectivity index (χ1v) is 13.1. The van der Waals surface area contributed by atoms with Crippen molar-refractivity contribution in [3.8, 4) is 0 Å². The van der Waals surface area contributed by atoms with Gasteiger partial charge in [0, 0.05) is 6.92 Å². The Morgan fingerprint density at radius 1 is 0.875 bits per heavy atom. The molecule has 0 N–H and O–H groups in total. The summed E-state index contributed by atoms with van der Waals surface area (Å²) in [5, 5.41) is 0. The van der Waals surface area contributed by atoms with Crippen LogP contribution in [-0.2, 0) is 29.6 Å². The van der Waals surface area contributed by atoms with Crippen molar-refractivity contribution in [3.05, 3.63) is 71.8 Å². The van der Waals surface area contributed by atoms with E-state index in [1.54, 1.807) is 36.4 Å². The third-order valence-corrected chi connectivity index (χ3v) is 9.73. The zero-order valence-corrected chi connectivity index (χ0v) is 19.9. The fraction of sp³-hybridized carbons (Fsp3) is 0.348. The molecule has 3 rings (SSSR count). The van der Waals surface area contributed by atoms with Crippen molar-refractivity contribution in [1.82, 2.24) is 3.71 Å². The summed E-state index contributed by atoms with van der Waals surface area (Å²) in [6.07, 6.45) is 4.15. The molecule has 0 aromatic heterocycles. The number of aryl methyl sites for hydroxylation is 2. The Morgan fingerprint density at radius 2 is 1.34 bits per heavy atom. The number of carbonyl (C=O) groups is 1. The van der Waals surface area contributed by atoms with Crippen molar-refractivity contribution in [2.75, 3.05) is 6.61 Å². The van der Waals surface area contributed by atoms with Crippen LogP contribution in [0.15, 0.2) is 70.5 Å². The number of allylic oxidation sites excluding steroid dienone is 1. The van der Waals surface area contributed by atoms with Gasteiger partial charge in [-0.3, -0.25) is 4.79 Å². The molecule has 0 spiro atoms. The number of nitrogens with zero attached hydrogens (tertiary/aromatic N) is 1. The smallest absolute Gasteiger partial charge is 0.302 e. The molecule has 32 heavy (non-hydrogen) atoms. The molecule has 0 heterocycles. The Balaban J connectivity index is 1.99. The minimum absolute atomic E-state index is 0.0875. The minimum Gasteiger partial charge on any atom is -0.466 e. The van der Waals surface area contributed by atoms with Gasteiger partial charge in [0.05, 0.1) is 22.4 Å². The van der Waals surface area contributed by atoms with Crippen molar-refractivity contribution in [2.24, 2.45) is 5.92 Å². The van der Waals surface area contributed by atoms with Crippen molar-refractivity contribution in [1.29, 1.82) is 0 Å². The highest BCUT2D eigenvalue weighted by molar-refractivity contribution is 8.04. The fourth-order valence-corrected chi connectivity index (χ4v) is 7.54. The van der Waals surface area contributed by atoms with Gasteiger partial charge in [0.15, 0.2) is 0 Å². The van der Waals surface area contributed by atoms with E-state index in [0.717, 1.165) is 11.1 Å². The van der Waals surface area contributed by atoms with Crippen LogP contribution in [0.1, 0.15) is 30.9 Å². The first kappa shape index (κ1) is 24.2. The molecule has 1 aliphatic carbocycles. The van der Waals surface area contributed by atoms with E-state index >= 15 is 0 Å². The summed E-state index contributed by atoms with van der Waals surface area (Å²) in [6.45, 7) is 5.15. The van der Waals surface area contributed by atoms with Crippen LogP contribution in [0.4, 0.5) is 0 Å². The van der Waals surface area contributed by atoms with E-state index in [4.69, 9.17) is 4.74 Å². The number of carbonyl (C=O) groups excluding carboxylic acids is 1. The summed E-state index contributed by atoms with van der Waals surface area (Å²) in [7, 11) is -8.73. The highest BCUT2D eigenvalue weighted by atomic mass is 32.3. The predicted octanol–water partition coefficient (Wildman–Crippen LogP) is 3.58. The maximum atomic E-state index is 13.6. The topological polar surface area (TPSA) is 97.8 Å². The Morgan fingerprint density at radius 3 is 1.78 bits per heavy atom. The van der Waals surface area contributed by atoms with E-state index in [9.17, 15) is 21.6 Å². The van der Waals surface area contributed by atoms with Gasteiger partial charge < -0.3 is 4.74 Å². The highest BCUT2D eigenvalue weighted by Crippen LogP contribution is 2.34. The van der Waals surface area contributed by atoms with E-state index < -0.39 is 32.1 Å². The molecule has 172 valence electrons. The summed E-state index contributed by atoms with van der Waals surface area (Å²) >= 11 is 0. The van der Waals surface area contributed by atoms with Crippen LogP contribution >= 0.6 is 0 Å². The first-order valence-electron chi connectivity index (χ1n) is 10.3. The molecule has 0 saturated carbocycles. The van der Waals surface area contributed by atoms with Crippen LogP contribution in [0.2, 0.25) is 0 Å². The molecule has 0 aliphatic heterocycles. The molecule has 0 bridgehead atoms. The molecular weight excluding hydrogens is 450 g/mol. The predicted molar refractivity (Wildman–Crippen MR) is 121 cm³/mol. The Labute approximate surface area is 189 Å². The van der Waals surface area contributed by atoms with Crippen molar-refractivity contribution >= 4 is 26.0 Å². The van der Waals surface area contributed by atoms with E-state index in [1.807, 2.05) is 13.8 Å². The van der Waals surface area contributed by atoms with E-state index in [-0.39, 0.29) is 28.7 Å². The average Bonchev–Trinajstić information content (AvgIpc) is 3.16. The number of ether oxygens (including phenoxy) is 1. The lowest BCUT2D eigenvalue weighted by atomic mass is 10.1. The van der Waals surface area contributed by atoms with Gasteiger partial charge >= 0.3 is 5.97 Å². The molecule has 2 atom stereocenters. The van der Waals surface area contributed by atoms with Crippen LogP contribution in [0.3, 0.4) is 0 Å². The second-order valence-corrected chi connectivity index (χ2v) is 11.8. The molecule has 0 saturated heterocycles. The van der Waals surface area contributed by atoms with Gasteiger partial charge in [-0.2, -0.15) is 0 Å². The van der Waals surface area contributed by atoms with Gasteiger partial charge in [-0.05, 0) is 56.9 Å².